The summed E-state index contributed by atoms with van der Waals surface area (Å²) in [5, 5.41) is 0. The average Bonchev–Trinajstić information content (AvgIpc) is 2.66. The van der Waals surface area contributed by atoms with Gasteiger partial charge in [0.1, 0.15) is 5.60 Å². The number of halogens is 1. The quantitative estimate of drug-likeness (QED) is 0.714. The molecule has 1 aliphatic rings. The fraction of sp³-hybridized carbons (Fsp3) is 0.929. The normalized spacial score (nSPS) is 24.8. The van der Waals surface area contributed by atoms with Gasteiger partial charge in [-0.25, -0.2) is 4.79 Å². The summed E-state index contributed by atoms with van der Waals surface area (Å²) in [6.45, 7) is 11.9. The van der Waals surface area contributed by atoms with Crippen LogP contribution in [-0.4, -0.2) is 59.9 Å². The summed E-state index contributed by atoms with van der Waals surface area (Å²) in [4.78, 5) is 13.8. The van der Waals surface area contributed by atoms with Gasteiger partial charge in [-0.15, -0.1) is 0 Å². The van der Waals surface area contributed by atoms with Gasteiger partial charge in [0.2, 0.25) is 0 Å². The van der Waals surface area contributed by atoms with Crippen molar-refractivity contribution >= 4 is 22.0 Å². The molecule has 3 atom stereocenters. The molecular formula is C14H26BrNO4. The smallest absolute Gasteiger partial charge is 0.410 e. The van der Waals surface area contributed by atoms with Crippen LogP contribution in [0, 0.1) is 0 Å². The number of rotatable bonds is 5. The topological polar surface area (TPSA) is 48.0 Å². The Balaban J connectivity index is 2.44. The van der Waals surface area contributed by atoms with E-state index in [1.807, 2.05) is 34.6 Å². The minimum Gasteiger partial charge on any atom is -0.444 e. The van der Waals surface area contributed by atoms with Crippen LogP contribution in [0.15, 0.2) is 0 Å². The van der Waals surface area contributed by atoms with Gasteiger partial charge in [-0.3, -0.25) is 0 Å². The molecule has 0 radical (unpaired) electrons. The Labute approximate surface area is 130 Å². The molecule has 1 saturated heterocycles. The van der Waals surface area contributed by atoms with E-state index in [0.717, 1.165) is 0 Å². The molecule has 1 fully saturated rings. The molecule has 1 amide bonds. The summed E-state index contributed by atoms with van der Waals surface area (Å²) in [7, 11) is 0. The molecule has 0 aliphatic carbocycles. The first-order chi connectivity index (χ1) is 9.23. The molecule has 0 saturated carbocycles. The third kappa shape index (κ3) is 5.97. The summed E-state index contributed by atoms with van der Waals surface area (Å²) >= 11 is 3.57. The number of hydrogen-bond acceptors (Lipinski definition) is 4. The molecule has 5 nitrogen and oxygen atoms in total. The first-order valence-corrected chi connectivity index (χ1v) is 7.99. The molecule has 118 valence electrons. The van der Waals surface area contributed by atoms with Crippen LogP contribution in [-0.2, 0) is 14.2 Å². The van der Waals surface area contributed by atoms with E-state index in [2.05, 4.69) is 15.9 Å². The molecule has 1 aliphatic heterocycles. The predicted molar refractivity (Wildman–Crippen MR) is 81.4 cm³/mol. The summed E-state index contributed by atoms with van der Waals surface area (Å²) in [6, 6.07) is 0. The van der Waals surface area contributed by atoms with Crippen molar-refractivity contribution < 1.29 is 19.0 Å². The highest BCUT2D eigenvalue weighted by Gasteiger charge is 2.37. The lowest BCUT2D eigenvalue weighted by molar-refractivity contribution is -0.0408. The van der Waals surface area contributed by atoms with Crippen molar-refractivity contribution in [2.45, 2.75) is 57.3 Å². The second-order valence-corrected chi connectivity index (χ2v) is 7.22. The Morgan fingerprint density at radius 1 is 1.40 bits per heavy atom. The number of carbonyl (C=O) groups excluding carboxylic acids is 1. The second-order valence-electron chi connectivity index (χ2n) is 6.05. The Morgan fingerprint density at radius 3 is 2.60 bits per heavy atom. The minimum absolute atomic E-state index is 0.0126. The maximum atomic E-state index is 12.0. The molecule has 0 bridgehead atoms. The first kappa shape index (κ1) is 17.7. The van der Waals surface area contributed by atoms with E-state index >= 15 is 0 Å². The van der Waals surface area contributed by atoms with Gasteiger partial charge in [-0.1, -0.05) is 15.9 Å². The van der Waals surface area contributed by atoms with Crippen molar-refractivity contribution in [3.8, 4) is 0 Å². The molecule has 0 aromatic heterocycles. The van der Waals surface area contributed by atoms with Gasteiger partial charge in [-0.2, -0.15) is 0 Å². The molecule has 0 aromatic carbocycles. The van der Waals surface area contributed by atoms with E-state index in [1.165, 1.54) is 0 Å². The number of likely N-dealkylation sites (tertiary alicyclic amines) is 1. The fourth-order valence-corrected chi connectivity index (χ4v) is 2.60. The van der Waals surface area contributed by atoms with Gasteiger partial charge >= 0.3 is 6.09 Å². The summed E-state index contributed by atoms with van der Waals surface area (Å²) < 4.78 is 16.6. The number of ether oxygens (including phenoxy) is 3. The van der Waals surface area contributed by atoms with Gasteiger partial charge in [0.05, 0.1) is 30.2 Å². The lowest BCUT2D eigenvalue weighted by Crippen LogP contribution is -2.36. The maximum Gasteiger partial charge on any atom is 0.410 e. The molecule has 0 N–H and O–H groups in total. The zero-order valence-corrected chi connectivity index (χ0v) is 14.6. The Bertz CT molecular complexity index is 319. The molecule has 0 aromatic rings. The number of alkyl halides is 1. The van der Waals surface area contributed by atoms with E-state index in [4.69, 9.17) is 14.2 Å². The van der Waals surface area contributed by atoms with Crippen LogP contribution >= 0.6 is 15.9 Å². The van der Waals surface area contributed by atoms with Gasteiger partial charge in [-0.05, 0) is 34.6 Å². The third-order valence-electron chi connectivity index (χ3n) is 2.81. The zero-order chi connectivity index (χ0) is 15.3. The van der Waals surface area contributed by atoms with Crippen LogP contribution in [0.5, 0.6) is 0 Å². The highest BCUT2D eigenvalue weighted by molar-refractivity contribution is 9.09. The number of amides is 1. The van der Waals surface area contributed by atoms with Crippen molar-refractivity contribution in [2.24, 2.45) is 0 Å². The molecule has 1 heterocycles. The summed E-state index contributed by atoms with van der Waals surface area (Å²) in [5.74, 6) is 0. The predicted octanol–water partition coefficient (Wildman–Crippen LogP) is 2.81. The molecule has 1 rings (SSSR count). The molecule has 20 heavy (non-hydrogen) atoms. The molecule has 6 heteroatoms. The monoisotopic (exact) mass is 351 g/mol. The highest BCUT2D eigenvalue weighted by atomic mass is 79.9. The van der Waals surface area contributed by atoms with Crippen LogP contribution in [0.4, 0.5) is 4.79 Å². The standard InChI is InChI=1S/C14H26BrNO4/c1-6-18-9-10(2)19-12-8-16(7-11(12)15)13(17)20-14(3,4)5/h10-12H,6-9H2,1-5H3. The molecule has 3 unspecified atom stereocenters. The van der Waals surface area contributed by atoms with Crippen molar-refractivity contribution in [3.63, 3.8) is 0 Å². The number of carbonyl (C=O) groups is 1. The minimum atomic E-state index is -0.472. The Hall–Kier alpha value is -0.330. The average molecular weight is 352 g/mol. The number of hydrogen-bond donors (Lipinski definition) is 0. The Morgan fingerprint density at radius 2 is 2.05 bits per heavy atom. The lowest BCUT2D eigenvalue weighted by atomic mass is 10.2. The van der Waals surface area contributed by atoms with Crippen molar-refractivity contribution in [2.75, 3.05) is 26.3 Å². The van der Waals surface area contributed by atoms with E-state index in [1.54, 1.807) is 4.90 Å². The summed E-state index contributed by atoms with van der Waals surface area (Å²) in [5.41, 5.74) is -0.472. The largest absolute Gasteiger partial charge is 0.444 e. The van der Waals surface area contributed by atoms with Crippen LogP contribution < -0.4 is 0 Å². The van der Waals surface area contributed by atoms with E-state index in [0.29, 0.717) is 26.3 Å². The maximum absolute atomic E-state index is 12.0. The SMILES string of the molecule is CCOCC(C)OC1CN(C(=O)OC(C)(C)C)CC1Br. The Kier molecular flexibility index (Phi) is 6.75. The van der Waals surface area contributed by atoms with Crippen LogP contribution in [0.3, 0.4) is 0 Å². The molecular weight excluding hydrogens is 326 g/mol. The molecule has 0 spiro atoms. The second kappa shape index (κ2) is 7.61. The first-order valence-electron chi connectivity index (χ1n) is 7.08. The van der Waals surface area contributed by atoms with Crippen LogP contribution in [0.25, 0.3) is 0 Å². The van der Waals surface area contributed by atoms with Crippen molar-refractivity contribution in [1.29, 1.82) is 0 Å². The van der Waals surface area contributed by atoms with Crippen LogP contribution in [0.1, 0.15) is 34.6 Å². The van der Waals surface area contributed by atoms with E-state index in [-0.39, 0.29) is 23.1 Å². The van der Waals surface area contributed by atoms with Gasteiger partial charge in [0.15, 0.2) is 0 Å². The van der Waals surface area contributed by atoms with E-state index < -0.39 is 5.60 Å². The van der Waals surface area contributed by atoms with E-state index in [9.17, 15) is 4.79 Å². The zero-order valence-electron chi connectivity index (χ0n) is 13.0. The van der Waals surface area contributed by atoms with Gasteiger partial charge in [0.25, 0.3) is 0 Å². The van der Waals surface area contributed by atoms with Crippen LogP contribution in [0.2, 0.25) is 0 Å². The van der Waals surface area contributed by atoms with Crippen molar-refractivity contribution in [1.82, 2.24) is 4.90 Å². The van der Waals surface area contributed by atoms with Gasteiger partial charge in [0, 0.05) is 13.2 Å². The lowest BCUT2D eigenvalue weighted by Gasteiger charge is -2.24. The highest BCUT2D eigenvalue weighted by Crippen LogP contribution is 2.23. The fourth-order valence-electron chi connectivity index (χ4n) is 1.96. The summed E-state index contributed by atoms with van der Waals surface area (Å²) in [6.07, 6.45) is -0.304. The third-order valence-corrected chi connectivity index (χ3v) is 3.69. The number of nitrogens with zero attached hydrogens (tertiary/aromatic N) is 1. The van der Waals surface area contributed by atoms with Gasteiger partial charge < -0.3 is 19.1 Å². The van der Waals surface area contributed by atoms with Crippen molar-refractivity contribution in [3.05, 3.63) is 0 Å².